The second-order valence-electron chi connectivity index (χ2n) is 6.78. The van der Waals surface area contributed by atoms with Crippen LogP contribution in [-0.4, -0.2) is 50.1 Å². The number of carboxylic acid groups (broad SMARTS) is 1. The molecule has 6 nitrogen and oxygen atoms in total. The van der Waals surface area contributed by atoms with Crippen molar-refractivity contribution in [2.45, 2.75) is 38.8 Å². The van der Waals surface area contributed by atoms with E-state index in [1.54, 1.807) is 6.20 Å². The van der Waals surface area contributed by atoms with Gasteiger partial charge in [0.1, 0.15) is 0 Å². The first-order valence-electron chi connectivity index (χ1n) is 8.79. The van der Waals surface area contributed by atoms with Gasteiger partial charge in [0.15, 0.2) is 0 Å². The Hall–Kier alpha value is -2.18. The summed E-state index contributed by atoms with van der Waals surface area (Å²) in [5, 5.41) is 24.6. The standard InChI is InChI=1S/C19H25N3O3/c1-2-9-19(18(24)25)10-12-21(14-17(19)23)13-16-8-11-20-22(16)15-6-4-3-5-7-15/h3-8,11,17,23H,2,9-10,12-14H2,1H3,(H,24,25)/t17-,19+/m1/s1. The third-order valence-corrected chi connectivity index (χ3v) is 5.17. The molecule has 2 atom stereocenters. The van der Waals surface area contributed by atoms with E-state index < -0.39 is 17.5 Å². The summed E-state index contributed by atoms with van der Waals surface area (Å²) in [7, 11) is 0. The van der Waals surface area contributed by atoms with E-state index in [0.29, 0.717) is 32.5 Å². The van der Waals surface area contributed by atoms with Crippen molar-refractivity contribution in [1.29, 1.82) is 0 Å². The van der Waals surface area contributed by atoms with Gasteiger partial charge in [0, 0.05) is 19.3 Å². The minimum Gasteiger partial charge on any atom is -0.481 e. The van der Waals surface area contributed by atoms with Crippen molar-refractivity contribution in [1.82, 2.24) is 14.7 Å². The van der Waals surface area contributed by atoms with Crippen LogP contribution in [0.4, 0.5) is 0 Å². The lowest BCUT2D eigenvalue weighted by atomic mass is 9.73. The van der Waals surface area contributed by atoms with E-state index in [1.165, 1.54) is 0 Å². The van der Waals surface area contributed by atoms with Crippen molar-refractivity contribution < 1.29 is 15.0 Å². The first-order chi connectivity index (χ1) is 12.1. The van der Waals surface area contributed by atoms with Crippen LogP contribution in [0.3, 0.4) is 0 Å². The predicted octanol–water partition coefficient (Wildman–Crippen LogP) is 2.31. The molecule has 2 heterocycles. The molecule has 134 valence electrons. The lowest BCUT2D eigenvalue weighted by Gasteiger charge is -2.42. The number of piperidine rings is 1. The number of aliphatic hydroxyl groups is 1. The first kappa shape index (κ1) is 17.6. The molecule has 3 rings (SSSR count). The van der Waals surface area contributed by atoms with Crippen LogP contribution in [-0.2, 0) is 11.3 Å². The van der Waals surface area contributed by atoms with Gasteiger partial charge in [-0.15, -0.1) is 0 Å². The number of hydrogen-bond donors (Lipinski definition) is 2. The number of carboxylic acids is 1. The molecule has 1 aliphatic rings. The smallest absolute Gasteiger partial charge is 0.312 e. The van der Waals surface area contributed by atoms with Crippen LogP contribution in [0.5, 0.6) is 0 Å². The molecule has 0 aliphatic carbocycles. The highest BCUT2D eigenvalue weighted by Gasteiger charge is 2.47. The Morgan fingerprint density at radius 1 is 1.32 bits per heavy atom. The molecular weight excluding hydrogens is 318 g/mol. The van der Waals surface area contributed by atoms with Crippen LogP contribution in [0.1, 0.15) is 31.9 Å². The Morgan fingerprint density at radius 3 is 2.72 bits per heavy atom. The zero-order chi connectivity index (χ0) is 17.9. The fraction of sp³-hybridized carbons (Fsp3) is 0.474. The predicted molar refractivity (Wildman–Crippen MR) is 94.4 cm³/mol. The van der Waals surface area contributed by atoms with Crippen LogP contribution < -0.4 is 0 Å². The van der Waals surface area contributed by atoms with Gasteiger partial charge in [-0.25, -0.2) is 4.68 Å². The maximum atomic E-state index is 11.7. The minimum absolute atomic E-state index is 0.367. The molecule has 6 heteroatoms. The molecule has 0 bridgehead atoms. The SMILES string of the molecule is CCC[C@]1(C(=O)O)CCN(Cc2ccnn2-c2ccccc2)C[C@H]1O. The van der Waals surface area contributed by atoms with Crippen molar-refractivity contribution in [3.8, 4) is 5.69 Å². The summed E-state index contributed by atoms with van der Waals surface area (Å²) in [6.45, 7) is 3.62. The third kappa shape index (κ3) is 3.45. The Balaban J connectivity index is 1.73. The Morgan fingerprint density at radius 2 is 2.08 bits per heavy atom. The second-order valence-corrected chi connectivity index (χ2v) is 6.78. The maximum Gasteiger partial charge on any atom is 0.312 e. The summed E-state index contributed by atoms with van der Waals surface area (Å²) >= 11 is 0. The van der Waals surface area contributed by atoms with Gasteiger partial charge in [-0.05, 0) is 37.6 Å². The molecule has 1 aromatic carbocycles. The highest BCUT2D eigenvalue weighted by Crippen LogP contribution is 2.37. The van der Waals surface area contributed by atoms with E-state index in [2.05, 4.69) is 10.00 Å². The van der Waals surface area contributed by atoms with E-state index in [1.807, 2.05) is 48.0 Å². The number of β-amino-alcohol motifs (C(OH)–C–C–N with tert-alkyl or cyclic N) is 1. The van der Waals surface area contributed by atoms with Gasteiger partial charge < -0.3 is 10.2 Å². The molecule has 0 spiro atoms. The van der Waals surface area contributed by atoms with E-state index in [4.69, 9.17) is 0 Å². The molecule has 1 saturated heterocycles. The van der Waals surface area contributed by atoms with Crippen LogP contribution in [0.25, 0.3) is 5.69 Å². The largest absolute Gasteiger partial charge is 0.481 e. The van der Waals surface area contributed by atoms with Crippen molar-refractivity contribution in [2.75, 3.05) is 13.1 Å². The number of benzene rings is 1. The molecule has 0 amide bonds. The van der Waals surface area contributed by atoms with Gasteiger partial charge >= 0.3 is 5.97 Å². The highest BCUT2D eigenvalue weighted by atomic mass is 16.4. The summed E-state index contributed by atoms with van der Waals surface area (Å²) in [6, 6.07) is 11.9. The fourth-order valence-electron chi connectivity index (χ4n) is 3.75. The van der Waals surface area contributed by atoms with Gasteiger partial charge in [0.05, 0.1) is 22.9 Å². The molecule has 25 heavy (non-hydrogen) atoms. The van der Waals surface area contributed by atoms with E-state index in [9.17, 15) is 15.0 Å². The van der Waals surface area contributed by atoms with Crippen molar-refractivity contribution in [3.05, 3.63) is 48.3 Å². The van der Waals surface area contributed by atoms with Gasteiger partial charge in [0.2, 0.25) is 0 Å². The van der Waals surface area contributed by atoms with Crippen molar-refractivity contribution in [3.63, 3.8) is 0 Å². The summed E-state index contributed by atoms with van der Waals surface area (Å²) < 4.78 is 1.89. The maximum absolute atomic E-state index is 11.7. The number of hydrogen-bond acceptors (Lipinski definition) is 4. The number of aliphatic carboxylic acids is 1. The summed E-state index contributed by atoms with van der Waals surface area (Å²) in [6.07, 6.45) is 2.65. The molecule has 1 aliphatic heterocycles. The van der Waals surface area contributed by atoms with E-state index in [0.717, 1.165) is 17.8 Å². The molecule has 2 aromatic rings. The second kappa shape index (κ2) is 7.37. The molecule has 1 fully saturated rings. The first-order valence-corrected chi connectivity index (χ1v) is 8.79. The van der Waals surface area contributed by atoms with Crippen molar-refractivity contribution >= 4 is 5.97 Å². The van der Waals surface area contributed by atoms with Gasteiger partial charge in [-0.3, -0.25) is 9.69 Å². The van der Waals surface area contributed by atoms with Crippen LogP contribution in [0, 0.1) is 5.41 Å². The van der Waals surface area contributed by atoms with Crippen LogP contribution in [0.15, 0.2) is 42.6 Å². The summed E-state index contributed by atoms with van der Waals surface area (Å²) in [4.78, 5) is 13.9. The third-order valence-electron chi connectivity index (χ3n) is 5.17. The molecule has 0 radical (unpaired) electrons. The fourth-order valence-corrected chi connectivity index (χ4v) is 3.75. The van der Waals surface area contributed by atoms with Crippen LogP contribution in [0.2, 0.25) is 0 Å². The Labute approximate surface area is 147 Å². The summed E-state index contributed by atoms with van der Waals surface area (Å²) in [5.41, 5.74) is 1.01. The van der Waals surface area contributed by atoms with E-state index >= 15 is 0 Å². The number of nitrogens with zero attached hydrogens (tertiary/aromatic N) is 3. The number of aliphatic hydroxyl groups excluding tert-OH is 1. The van der Waals surface area contributed by atoms with Crippen LogP contribution >= 0.6 is 0 Å². The average molecular weight is 343 g/mol. The zero-order valence-corrected chi connectivity index (χ0v) is 14.5. The van der Waals surface area contributed by atoms with Gasteiger partial charge in [-0.1, -0.05) is 31.5 Å². The normalized spacial score (nSPS) is 24.3. The van der Waals surface area contributed by atoms with E-state index in [-0.39, 0.29) is 0 Å². The number of aromatic nitrogens is 2. The lowest BCUT2D eigenvalue weighted by Crippen LogP contribution is -2.54. The Bertz CT molecular complexity index is 716. The van der Waals surface area contributed by atoms with Gasteiger partial charge in [-0.2, -0.15) is 5.10 Å². The number of carbonyl (C=O) groups is 1. The average Bonchev–Trinajstić information content (AvgIpc) is 3.06. The highest BCUT2D eigenvalue weighted by molar-refractivity contribution is 5.75. The molecule has 0 unspecified atom stereocenters. The number of likely N-dealkylation sites (tertiary alicyclic amines) is 1. The van der Waals surface area contributed by atoms with Gasteiger partial charge in [0.25, 0.3) is 0 Å². The molecule has 2 N–H and O–H groups in total. The topological polar surface area (TPSA) is 78.6 Å². The summed E-state index contributed by atoms with van der Waals surface area (Å²) in [5.74, 6) is -0.879. The quantitative estimate of drug-likeness (QED) is 0.841. The molecular formula is C19H25N3O3. The minimum atomic E-state index is -1.01. The Kier molecular flexibility index (Phi) is 5.20. The monoisotopic (exact) mass is 343 g/mol. The molecule has 1 aromatic heterocycles. The van der Waals surface area contributed by atoms with Crippen molar-refractivity contribution in [2.24, 2.45) is 5.41 Å². The lowest BCUT2D eigenvalue weighted by molar-refractivity contribution is -0.164. The number of rotatable bonds is 6. The molecule has 0 saturated carbocycles. The number of para-hydroxylation sites is 1. The zero-order valence-electron chi connectivity index (χ0n) is 14.5.